The maximum Gasteiger partial charge on any atom is 0.242 e. The van der Waals surface area contributed by atoms with E-state index in [1.54, 1.807) is 29.7 Å². The zero-order valence-electron chi connectivity index (χ0n) is 14.5. The Hall–Kier alpha value is -0.370. The quantitative estimate of drug-likeness (QED) is 0.578. The second-order valence-electron chi connectivity index (χ2n) is 6.65. The first-order valence-electron chi connectivity index (χ1n) is 8.32. The molecule has 2 rings (SSSR count). The van der Waals surface area contributed by atoms with E-state index in [4.69, 9.17) is 23.2 Å². The van der Waals surface area contributed by atoms with Gasteiger partial charge >= 0.3 is 0 Å². The molecule has 0 unspecified atom stereocenters. The first kappa shape index (κ1) is 19.9. The standard InChI is InChI=1S/C16H25Cl2N3O2S/c1-12-11-14(17)13(2)16(15(12)18)24(22,23)19-5-4-6-21-9-7-20(3)8-10-21/h11,19H,4-10H2,1-3H3/p+2. The highest BCUT2D eigenvalue weighted by atomic mass is 35.5. The van der Waals surface area contributed by atoms with Crippen LogP contribution in [0, 0.1) is 13.8 Å². The highest BCUT2D eigenvalue weighted by molar-refractivity contribution is 7.89. The molecule has 1 aliphatic rings. The zero-order chi connectivity index (χ0) is 17.9. The topological polar surface area (TPSA) is 55.0 Å². The van der Waals surface area contributed by atoms with Gasteiger partial charge in [0.2, 0.25) is 10.0 Å². The Morgan fingerprint density at radius 3 is 2.42 bits per heavy atom. The molecule has 136 valence electrons. The maximum absolute atomic E-state index is 12.6. The average Bonchev–Trinajstić information content (AvgIpc) is 2.51. The molecule has 1 aromatic carbocycles. The smallest absolute Gasteiger partial charge is 0.242 e. The Balaban J connectivity index is 1.95. The minimum atomic E-state index is -3.66. The van der Waals surface area contributed by atoms with Gasteiger partial charge in [0, 0.05) is 18.0 Å². The molecule has 24 heavy (non-hydrogen) atoms. The number of halogens is 2. The Labute approximate surface area is 155 Å². The van der Waals surface area contributed by atoms with Gasteiger partial charge in [0.05, 0.1) is 18.6 Å². The second-order valence-corrected chi connectivity index (χ2v) is 9.14. The summed E-state index contributed by atoms with van der Waals surface area (Å²) in [5.41, 5.74) is 1.16. The Morgan fingerprint density at radius 1 is 1.17 bits per heavy atom. The van der Waals surface area contributed by atoms with Crippen molar-refractivity contribution < 1.29 is 18.2 Å². The molecule has 0 aliphatic carbocycles. The van der Waals surface area contributed by atoms with Crippen LogP contribution in [0.15, 0.2) is 11.0 Å². The molecule has 3 N–H and O–H groups in total. The Kier molecular flexibility index (Phi) is 6.93. The number of likely N-dealkylation sites (N-methyl/N-ethyl adjacent to an activating group) is 1. The largest absolute Gasteiger partial charge is 0.328 e. The van der Waals surface area contributed by atoms with Crippen LogP contribution in [0.5, 0.6) is 0 Å². The van der Waals surface area contributed by atoms with Crippen LogP contribution in [0.3, 0.4) is 0 Å². The molecule has 1 saturated heterocycles. The predicted octanol–water partition coefficient (Wildman–Crippen LogP) is -0.308. The molecule has 0 amide bonds. The van der Waals surface area contributed by atoms with E-state index in [9.17, 15) is 8.42 Å². The highest BCUT2D eigenvalue weighted by Crippen LogP contribution is 2.33. The molecule has 1 fully saturated rings. The van der Waals surface area contributed by atoms with Gasteiger partial charge in [-0.2, -0.15) is 0 Å². The van der Waals surface area contributed by atoms with Gasteiger partial charge in [-0.25, -0.2) is 13.1 Å². The molecule has 0 atom stereocenters. The summed E-state index contributed by atoms with van der Waals surface area (Å²) in [7, 11) is -1.45. The first-order chi connectivity index (χ1) is 11.2. The molecule has 1 heterocycles. The van der Waals surface area contributed by atoms with Crippen LogP contribution >= 0.6 is 23.2 Å². The van der Waals surface area contributed by atoms with Crippen molar-refractivity contribution in [3.63, 3.8) is 0 Å². The SMILES string of the molecule is Cc1cc(Cl)c(C)c(S(=O)(=O)NCCC[NH+]2CC[NH+](C)CC2)c1Cl. The van der Waals surface area contributed by atoms with Gasteiger partial charge in [0.15, 0.2) is 0 Å². The monoisotopic (exact) mass is 395 g/mol. The number of hydrogen-bond donors (Lipinski definition) is 3. The molecular formula is C16H27Cl2N3O2S+2. The van der Waals surface area contributed by atoms with Crippen molar-refractivity contribution in [2.75, 3.05) is 46.3 Å². The molecule has 0 bridgehead atoms. The van der Waals surface area contributed by atoms with Crippen LogP contribution in [0.1, 0.15) is 17.5 Å². The van der Waals surface area contributed by atoms with Crippen LogP contribution in [0.4, 0.5) is 0 Å². The van der Waals surface area contributed by atoms with Crippen LogP contribution in [-0.4, -0.2) is 54.7 Å². The molecule has 0 spiro atoms. The average molecular weight is 396 g/mol. The lowest BCUT2D eigenvalue weighted by atomic mass is 10.2. The normalized spacial score (nSPS) is 21.9. The van der Waals surface area contributed by atoms with Gasteiger partial charge in [0.25, 0.3) is 0 Å². The number of hydrogen-bond acceptors (Lipinski definition) is 2. The lowest BCUT2D eigenvalue weighted by molar-refractivity contribution is -1.00. The van der Waals surface area contributed by atoms with Gasteiger partial charge < -0.3 is 9.80 Å². The number of nitrogens with one attached hydrogen (secondary N) is 3. The fourth-order valence-corrected chi connectivity index (χ4v) is 5.31. The minimum Gasteiger partial charge on any atom is -0.328 e. The number of quaternary nitrogens is 2. The van der Waals surface area contributed by atoms with Gasteiger partial charge in [-0.1, -0.05) is 23.2 Å². The first-order valence-corrected chi connectivity index (χ1v) is 10.6. The predicted molar refractivity (Wildman–Crippen MR) is 97.9 cm³/mol. The van der Waals surface area contributed by atoms with Crippen molar-refractivity contribution in [1.82, 2.24) is 4.72 Å². The molecule has 1 aromatic rings. The number of benzene rings is 1. The van der Waals surface area contributed by atoms with Crippen LogP contribution in [-0.2, 0) is 10.0 Å². The summed E-state index contributed by atoms with van der Waals surface area (Å²) in [4.78, 5) is 3.22. The number of piperazine rings is 1. The van der Waals surface area contributed by atoms with E-state index in [0.29, 0.717) is 22.7 Å². The summed E-state index contributed by atoms with van der Waals surface area (Å²) in [6.07, 6.45) is 0.809. The van der Waals surface area contributed by atoms with Crippen molar-refractivity contribution in [3.05, 3.63) is 27.2 Å². The van der Waals surface area contributed by atoms with Gasteiger partial charge in [-0.05, 0) is 31.0 Å². The molecule has 1 aliphatic heterocycles. The minimum absolute atomic E-state index is 0.102. The summed E-state index contributed by atoms with van der Waals surface area (Å²) in [6, 6.07) is 1.69. The molecule has 5 nitrogen and oxygen atoms in total. The lowest BCUT2D eigenvalue weighted by Crippen LogP contribution is -3.27. The van der Waals surface area contributed by atoms with Crippen LogP contribution in [0.2, 0.25) is 10.0 Å². The third-order valence-electron chi connectivity index (χ3n) is 4.67. The molecule has 0 radical (unpaired) electrons. The van der Waals surface area contributed by atoms with E-state index in [2.05, 4.69) is 11.8 Å². The fourth-order valence-electron chi connectivity index (χ4n) is 3.03. The fraction of sp³-hybridized carbons (Fsp3) is 0.625. The number of sulfonamides is 1. The summed E-state index contributed by atoms with van der Waals surface area (Å²) < 4.78 is 27.9. The molecule has 0 aromatic heterocycles. The zero-order valence-corrected chi connectivity index (χ0v) is 16.8. The van der Waals surface area contributed by atoms with E-state index >= 15 is 0 Å². The van der Waals surface area contributed by atoms with E-state index in [-0.39, 0.29) is 9.92 Å². The van der Waals surface area contributed by atoms with Gasteiger partial charge in [-0.15, -0.1) is 0 Å². The number of rotatable bonds is 6. The van der Waals surface area contributed by atoms with Crippen molar-refractivity contribution in [3.8, 4) is 0 Å². The number of aryl methyl sites for hydroxylation is 1. The molecule has 8 heteroatoms. The Bertz CT molecular complexity index is 661. The van der Waals surface area contributed by atoms with E-state index in [1.165, 1.54) is 13.1 Å². The van der Waals surface area contributed by atoms with Crippen LogP contribution < -0.4 is 14.5 Å². The van der Waals surface area contributed by atoms with Crippen molar-refractivity contribution in [1.29, 1.82) is 0 Å². The summed E-state index contributed by atoms with van der Waals surface area (Å²) >= 11 is 12.3. The molecule has 0 saturated carbocycles. The lowest BCUT2D eigenvalue weighted by Gasteiger charge is -2.27. The van der Waals surface area contributed by atoms with E-state index in [0.717, 1.165) is 26.1 Å². The maximum atomic E-state index is 12.6. The molecular weight excluding hydrogens is 369 g/mol. The third-order valence-corrected chi connectivity index (χ3v) is 7.29. The second kappa shape index (κ2) is 8.34. The summed E-state index contributed by atoms with van der Waals surface area (Å²) in [5.74, 6) is 0. The van der Waals surface area contributed by atoms with Gasteiger partial charge in [-0.3, -0.25) is 0 Å². The van der Waals surface area contributed by atoms with Crippen LogP contribution in [0.25, 0.3) is 0 Å². The Morgan fingerprint density at radius 2 is 1.79 bits per heavy atom. The summed E-state index contributed by atoms with van der Waals surface area (Å²) in [5, 5.41) is 0.665. The third kappa shape index (κ3) is 4.84. The van der Waals surface area contributed by atoms with E-state index < -0.39 is 10.0 Å². The highest BCUT2D eigenvalue weighted by Gasteiger charge is 2.24. The van der Waals surface area contributed by atoms with Gasteiger partial charge in [0.1, 0.15) is 31.1 Å². The van der Waals surface area contributed by atoms with Crippen molar-refractivity contribution in [2.45, 2.75) is 25.2 Å². The summed E-state index contributed by atoms with van der Waals surface area (Å²) in [6.45, 7) is 9.49. The van der Waals surface area contributed by atoms with E-state index in [1.807, 2.05) is 0 Å². The van der Waals surface area contributed by atoms with Crippen molar-refractivity contribution >= 4 is 33.2 Å². The van der Waals surface area contributed by atoms with Crippen molar-refractivity contribution in [2.24, 2.45) is 0 Å².